The maximum Gasteiger partial charge on any atom is 0.416 e. The Labute approximate surface area is 118 Å². The molecule has 8 heteroatoms. The number of hydrogen-bond donors (Lipinski definition) is 1. The number of nitrogens with zero attached hydrogens (tertiary/aromatic N) is 2. The first-order valence-corrected chi connectivity index (χ1v) is 6.03. The minimum Gasteiger partial charge on any atom is -0.423 e. The van der Waals surface area contributed by atoms with E-state index in [9.17, 15) is 18.0 Å². The molecular weight excluding hydrogens is 287 g/mol. The van der Waals surface area contributed by atoms with E-state index in [4.69, 9.17) is 10.5 Å². The molecule has 0 bridgehead atoms. The second-order valence-electron chi connectivity index (χ2n) is 4.17. The third-order valence-corrected chi connectivity index (χ3v) is 2.77. The third kappa shape index (κ3) is 3.15. The number of esters is 1. The molecule has 2 rings (SSSR count). The Balaban J connectivity index is 2.22. The molecule has 0 atom stereocenters. The first kappa shape index (κ1) is 14.9. The molecule has 0 aliphatic carbocycles. The number of hydrogen-bond acceptors (Lipinski definition) is 4. The van der Waals surface area contributed by atoms with Crippen molar-refractivity contribution in [1.29, 1.82) is 0 Å². The number of alkyl halides is 3. The van der Waals surface area contributed by atoms with Crippen molar-refractivity contribution in [2.75, 3.05) is 5.73 Å². The average Bonchev–Trinajstić information content (AvgIpc) is 2.79. The van der Waals surface area contributed by atoms with Crippen molar-refractivity contribution in [3.63, 3.8) is 0 Å². The van der Waals surface area contributed by atoms with Crippen LogP contribution in [-0.4, -0.2) is 15.7 Å². The van der Waals surface area contributed by atoms with Gasteiger partial charge in [0.1, 0.15) is 17.1 Å². The van der Waals surface area contributed by atoms with E-state index < -0.39 is 17.7 Å². The fourth-order valence-electron chi connectivity index (χ4n) is 1.70. The van der Waals surface area contributed by atoms with Crippen molar-refractivity contribution < 1.29 is 22.7 Å². The van der Waals surface area contributed by atoms with E-state index in [1.54, 1.807) is 6.92 Å². The number of halogens is 3. The predicted molar refractivity (Wildman–Crippen MR) is 68.7 cm³/mol. The Hall–Kier alpha value is -2.51. The van der Waals surface area contributed by atoms with E-state index in [2.05, 4.69) is 5.10 Å². The maximum absolute atomic E-state index is 12.6. The zero-order valence-corrected chi connectivity index (χ0v) is 11.0. The fraction of sp³-hybridized carbons (Fsp3) is 0.231. The van der Waals surface area contributed by atoms with Gasteiger partial charge in [-0.2, -0.15) is 18.3 Å². The topological polar surface area (TPSA) is 70.1 Å². The molecule has 0 fully saturated rings. The van der Waals surface area contributed by atoms with Gasteiger partial charge < -0.3 is 10.5 Å². The summed E-state index contributed by atoms with van der Waals surface area (Å²) in [5.74, 6) is -0.959. The molecule has 112 valence electrons. The number of carbonyl (C=O) groups excluding carboxylic acids is 1. The van der Waals surface area contributed by atoms with E-state index >= 15 is 0 Å². The van der Waals surface area contributed by atoms with E-state index in [0.29, 0.717) is 6.54 Å². The average molecular weight is 299 g/mol. The molecule has 21 heavy (non-hydrogen) atoms. The van der Waals surface area contributed by atoms with Crippen LogP contribution >= 0.6 is 0 Å². The summed E-state index contributed by atoms with van der Waals surface area (Å²) >= 11 is 0. The van der Waals surface area contributed by atoms with E-state index in [1.807, 2.05) is 0 Å². The molecule has 1 heterocycles. The highest BCUT2D eigenvalue weighted by atomic mass is 19.4. The van der Waals surface area contributed by atoms with E-state index in [0.717, 1.165) is 18.2 Å². The zero-order valence-electron chi connectivity index (χ0n) is 11.0. The summed E-state index contributed by atoms with van der Waals surface area (Å²) < 4.78 is 44.0. The van der Waals surface area contributed by atoms with Gasteiger partial charge in [0.05, 0.1) is 11.8 Å². The molecule has 0 unspecified atom stereocenters. The number of rotatable bonds is 3. The van der Waals surface area contributed by atoms with Crippen molar-refractivity contribution in [3.05, 3.63) is 41.6 Å². The van der Waals surface area contributed by atoms with Gasteiger partial charge in [-0.25, -0.2) is 9.48 Å². The molecule has 0 spiro atoms. The van der Waals surface area contributed by atoms with Gasteiger partial charge in [0.2, 0.25) is 0 Å². The SMILES string of the molecule is CCn1ncc(C(=O)Oc2cccc(C(F)(F)F)c2)c1N. The van der Waals surface area contributed by atoms with Crippen LogP contribution in [0.3, 0.4) is 0 Å². The molecule has 0 saturated heterocycles. The van der Waals surface area contributed by atoms with Gasteiger partial charge in [0.15, 0.2) is 0 Å². The van der Waals surface area contributed by atoms with Crippen molar-refractivity contribution in [2.45, 2.75) is 19.6 Å². The Morgan fingerprint density at radius 2 is 2.14 bits per heavy atom. The number of benzene rings is 1. The first-order valence-electron chi connectivity index (χ1n) is 6.03. The van der Waals surface area contributed by atoms with Gasteiger partial charge in [0.25, 0.3) is 0 Å². The molecule has 0 aliphatic rings. The van der Waals surface area contributed by atoms with Crippen LogP contribution in [0, 0.1) is 0 Å². The number of nitrogen functional groups attached to an aromatic ring is 1. The van der Waals surface area contributed by atoms with Crippen molar-refractivity contribution in [2.24, 2.45) is 0 Å². The van der Waals surface area contributed by atoms with Crippen LogP contribution in [0.15, 0.2) is 30.5 Å². The number of ether oxygens (including phenoxy) is 1. The minimum absolute atomic E-state index is 0.00858. The highest BCUT2D eigenvalue weighted by molar-refractivity contribution is 5.95. The minimum atomic E-state index is -4.51. The summed E-state index contributed by atoms with van der Waals surface area (Å²) in [7, 11) is 0. The molecule has 0 amide bonds. The van der Waals surface area contributed by atoms with Gasteiger partial charge in [-0.15, -0.1) is 0 Å². The Bertz CT molecular complexity index is 665. The molecule has 1 aromatic carbocycles. The second kappa shape index (κ2) is 5.47. The molecule has 0 saturated carbocycles. The van der Waals surface area contributed by atoms with Crippen LogP contribution in [0.2, 0.25) is 0 Å². The Kier molecular flexibility index (Phi) is 3.88. The van der Waals surface area contributed by atoms with E-state index in [1.165, 1.54) is 16.9 Å². The summed E-state index contributed by atoms with van der Waals surface area (Å²) in [4.78, 5) is 11.9. The largest absolute Gasteiger partial charge is 0.423 e. The van der Waals surface area contributed by atoms with Crippen molar-refractivity contribution in [1.82, 2.24) is 9.78 Å². The lowest BCUT2D eigenvalue weighted by Crippen LogP contribution is -2.12. The van der Waals surface area contributed by atoms with Gasteiger partial charge in [-0.3, -0.25) is 0 Å². The lowest BCUT2D eigenvalue weighted by molar-refractivity contribution is -0.137. The van der Waals surface area contributed by atoms with Crippen LogP contribution in [0.4, 0.5) is 19.0 Å². The van der Waals surface area contributed by atoms with Crippen LogP contribution in [0.25, 0.3) is 0 Å². The summed E-state index contributed by atoms with van der Waals surface area (Å²) in [6, 6.07) is 4.05. The molecule has 5 nitrogen and oxygen atoms in total. The summed E-state index contributed by atoms with van der Waals surface area (Å²) in [5.41, 5.74) is 4.80. The summed E-state index contributed by atoms with van der Waals surface area (Å²) in [6.45, 7) is 2.24. The van der Waals surface area contributed by atoms with Gasteiger partial charge in [-0.05, 0) is 25.1 Å². The van der Waals surface area contributed by atoms with Crippen LogP contribution in [0.5, 0.6) is 5.75 Å². The van der Waals surface area contributed by atoms with Gasteiger partial charge in [0, 0.05) is 6.54 Å². The summed E-state index contributed by atoms with van der Waals surface area (Å²) in [5, 5.41) is 3.86. The molecule has 0 radical (unpaired) electrons. The number of carbonyl (C=O) groups is 1. The van der Waals surface area contributed by atoms with Crippen LogP contribution in [-0.2, 0) is 12.7 Å². The van der Waals surface area contributed by atoms with Gasteiger partial charge >= 0.3 is 12.1 Å². The first-order chi connectivity index (χ1) is 9.82. The summed E-state index contributed by atoms with van der Waals surface area (Å²) in [6.07, 6.45) is -3.29. The fourth-order valence-corrected chi connectivity index (χ4v) is 1.70. The smallest absolute Gasteiger partial charge is 0.416 e. The molecule has 0 aliphatic heterocycles. The lowest BCUT2D eigenvalue weighted by atomic mass is 10.2. The molecule has 2 N–H and O–H groups in total. The van der Waals surface area contributed by atoms with Crippen LogP contribution < -0.4 is 10.5 Å². The third-order valence-electron chi connectivity index (χ3n) is 2.77. The van der Waals surface area contributed by atoms with Crippen molar-refractivity contribution >= 4 is 11.8 Å². The van der Waals surface area contributed by atoms with Gasteiger partial charge in [-0.1, -0.05) is 6.07 Å². The highest BCUT2D eigenvalue weighted by Crippen LogP contribution is 2.31. The normalized spacial score (nSPS) is 11.4. The predicted octanol–water partition coefficient (Wildman–Crippen LogP) is 2.72. The zero-order chi connectivity index (χ0) is 15.6. The number of aromatic nitrogens is 2. The standard InChI is InChI=1S/C13H12F3N3O2/c1-2-19-11(17)10(7-18-19)12(20)21-9-5-3-4-8(6-9)13(14,15)16/h3-7H,2,17H2,1H3. The molecule has 1 aromatic heterocycles. The second-order valence-corrected chi connectivity index (χ2v) is 4.17. The monoisotopic (exact) mass is 299 g/mol. The maximum atomic E-state index is 12.6. The highest BCUT2D eigenvalue weighted by Gasteiger charge is 2.31. The number of nitrogens with two attached hydrogens (primary N) is 1. The Morgan fingerprint density at radius 1 is 1.43 bits per heavy atom. The quantitative estimate of drug-likeness (QED) is 0.699. The molecular formula is C13H12F3N3O2. The number of aryl methyl sites for hydroxylation is 1. The number of anilines is 1. The molecule has 2 aromatic rings. The van der Waals surface area contributed by atoms with Crippen molar-refractivity contribution in [3.8, 4) is 5.75 Å². The van der Waals surface area contributed by atoms with Crippen LogP contribution in [0.1, 0.15) is 22.8 Å². The lowest BCUT2D eigenvalue weighted by Gasteiger charge is -2.09. The Morgan fingerprint density at radius 3 is 2.71 bits per heavy atom. The van der Waals surface area contributed by atoms with E-state index in [-0.39, 0.29) is 17.1 Å².